The van der Waals surface area contributed by atoms with Gasteiger partial charge in [0.2, 0.25) is 0 Å². The molecule has 0 atom stereocenters. The normalized spacial score (nSPS) is 10.7. The molecule has 23 heavy (non-hydrogen) atoms. The first kappa shape index (κ1) is 15.2. The molecule has 0 saturated carbocycles. The second kappa shape index (κ2) is 5.81. The van der Waals surface area contributed by atoms with Gasteiger partial charge < -0.3 is 5.32 Å². The number of aryl methyl sites for hydroxylation is 1. The van der Waals surface area contributed by atoms with E-state index < -0.39 is 10.8 Å². The van der Waals surface area contributed by atoms with Gasteiger partial charge in [-0.25, -0.2) is 0 Å². The number of hydrogen-bond donors (Lipinski definition) is 2. The van der Waals surface area contributed by atoms with Gasteiger partial charge >= 0.3 is 0 Å². The fourth-order valence-electron chi connectivity index (χ4n) is 2.20. The molecule has 0 unspecified atom stereocenters. The predicted octanol–water partition coefficient (Wildman–Crippen LogP) is 3.79. The fraction of sp³-hybridized carbons (Fsp3) is 0.0667. The number of carbonyl (C=O) groups excluding carboxylic acids is 1. The number of aromatic amines is 1. The molecule has 7 nitrogen and oxygen atoms in total. The van der Waals surface area contributed by atoms with E-state index in [1.54, 1.807) is 6.07 Å². The summed E-state index contributed by atoms with van der Waals surface area (Å²) >= 11 is 3.39. The van der Waals surface area contributed by atoms with Crippen molar-refractivity contribution >= 4 is 44.1 Å². The van der Waals surface area contributed by atoms with Crippen LogP contribution in [0.25, 0.3) is 10.9 Å². The number of halogens is 1. The average Bonchev–Trinajstić information content (AvgIpc) is 2.94. The van der Waals surface area contributed by atoms with E-state index in [4.69, 9.17) is 0 Å². The molecule has 1 amide bonds. The molecular weight excluding hydrogens is 364 g/mol. The number of carbonyl (C=O) groups is 1. The second-order valence-corrected chi connectivity index (χ2v) is 5.83. The Hall–Kier alpha value is -2.74. The molecule has 3 aromatic rings. The molecule has 0 spiro atoms. The number of non-ortho nitro benzene ring substituents is 1. The number of anilines is 1. The van der Waals surface area contributed by atoms with Crippen molar-refractivity contribution < 1.29 is 9.72 Å². The van der Waals surface area contributed by atoms with Crippen molar-refractivity contribution in [2.24, 2.45) is 0 Å². The van der Waals surface area contributed by atoms with Crippen LogP contribution in [0.3, 0.4) is 0 Å². The Morgan fingerprint density at radius 1 is 1.30 bits per heavy atom. The Morgan fingerprint density at radius 3 is 2.78 bits per heavy atom. The number of nitrogens with one attached hydrogen (secondary N) is 2. The standard InChI is InChI=1S/C15H11BrN4O3/c1-8-6-9(2-4-12(8)16)17-15(21)14-11-7-10(20(22)23)3-5-13(11)18-19-14/h2-7H,1H3,(H,17,21)(H,18,19). The molecule has 0 aliphatic carbocycles. The third-order valence-corrected chi connectivity index (χ3v) is 4.28. The molecule has 0 aliphatic rings. The third-order valence-electron chi connectivity index (χ3n) is 3.39. The molecule has 2 N–H and O–H groups in total. The number of fused-ring (bicyclic) bond motifs is 1. The van der Waals surface area contributed by atoms with E-state index in [0.29, 0.717) is 16.6 Å². The summed E-state index contributed by atoms with van der Waals surface area (Å²) < 4.78 is 0.941. The minimum Gasteiger partial charge on any atom is -0.321 e. The van der Waals surface area contributed by atoms with Crippen LogP contribution in [0.4, 0.5) is 11.4 Å². The lowest BCUT2D eigenvalue weighted by Gasteiger charge is -2.06. The number of rotatable bonds is 3. The van der Waals surface area contributed by atoms with Crippen LogP contribution in [0.1, 0.15) is 16.1 Å². The van der Waals surface area contributed by atoms with E-state index in [1.165, 1.54) is 18.2 Å². The monoisotopic (exact) mass is 374 g/mol. The lowest BCUT2D eigenvalue weighted by molar-refractivity contribution is -0.384. The molecule has 8 heteroatoms. The average molecular weight is 375 g/mol. The van der Waals surface area contributed by atoms with Crippen LogP contribution < -0.4 is 5.32 Å². The van der Waals surface area contributed by atoms with E-state index >= 15 is 0 Å². The summed E-state index contributed by atoms with van der Waals surface area (Å²) in [6.07, 6.45) is 0. The molecule has 1 aromatic heterocycles. The smallest absolute Gasteiger partial charge is 0.276 e. The van der Waals surface area contributed by atoms with Crippen molar-refractivity contribution in [2.45, 2.75) is 6.92 Å². The van der Waals surface area contributed by atoms with Gasteiger partial charge in [0.05, 0.1) is 10.4 Å². The Bertz CT molecular complexity index is 936. The van der Waals surface area contributed by atoms with Gasteiger partial charge in [-0.05, 0) is 36.8 Å². The highest BCUT2D eigenvalue weighted by molar-refractivity contribution is 9.10. The maximum atomic E-state index is 12.4. The predicted molar refractivity (Wildman–Crippen MR) is 89.6 cm³/mol. The molecule has 2 aromatic carbocycles. The summed E-state index contributed by atoms with van der Waals surface area (Å²) in [4.78, 5) is 22.8. The molecule has 3 rings (SSSR count). The van der Waals surface area contributed by atoms with Gasteiger partial charge in [0.15, 0.2) is 5.69 Å². The minimum atomic E-state index is -0.508. The van der Waals surface area contributed by atoms with Crippen molar-refractivity contribution in [3.05, 3.63) is 62.2 Å². The van der Waals surface area contributed by atoms with Gasteiger partial charge in [0.25, 0.3) is 11.6 Å². The SMILES string of the molecule is Cc1cc(NC(=O)c2n[nH]c3ccc([N+](=O)[O-])cc23)ccc1Br. The van der Waals surface area contributed by atoms with Crippen molar-refractivity contribution in [1.29, 1.82) is 0 Å². The minimum absolute atomic E-state index is 0.0903. The summed E-state index contributed by atoms with van der Waals surface area (Å²) in [6, 6.07) is 9.63. The van der Waals surface area contributed by atoms with Crippen molar-refractivity contribution in [2.75, 3.05) is 5.32 Å². The van der Waals surface area contributed by atoms with Gasteiger partial charge in [-0.2, -0.15) is 5.10 Å². The molecule has 116 valence electrons. The third kappa shape index (κ3) is 2.93. The molecule has 0 aliphatic heterocycles. The maximum Gasteiger partial charge on any atom is 0.276 e. The van der Waals surface area contributed by atoms with Crippen molar-refractivity contribution in [3.63, 3.8) is 0 Å². The zero-order valence-corrected chi connectivity index (χ0v) is 13.5. The lowest BCUT2D eigenvalue weighted by atomic mass is 10.1. The van der Waals surface area contributed by atoms with Crippen LogP contribution in [-0.2, 0) is 0 Å². The van der Waals surface area contributed by atoms with Crippen LogP contribution in [-0.4, -0.2) is 21.0 Å². The largest absolute Gasteiger partial charge is 0.321 e. The number of hydrogen-bond acceptors (Lipinski definition) is 4. The highest BCUT2D eigenvalue weighted by Crippen LogP contribution is 2.24. The summed E-state index contributed by atoms with van der Waals surface area (Å²) in [5, 5.41) is 20.7. The quantitative estimate of drug-likeness (QED) is 0.537. The van der Waals surface area contributed by atoms with Crippen LogP contribution in [0.2, 0.25) is 0 Å². The van der Waals surface area contributed by atoms with Gasteiger partial charge in [-0.1, -0.05) is 15.9 Å². The number of nitrogens with zero attached hydrogens (tertiary/aromatic N) is 2. The number of nitro benzene ring substituents is 1. The Balaban J connectivity index is 1.95. The Morgan fingerprint density at radius 2 is 2.09 bits per heavy atom. The first-order chi connectivity index (χ1) is 11.0. The molecular formula is C15H11BrN4O3. The van der Waals surface area contributed by atoms with E-state index in [1.807, 2.05) is 19.1 Å². The number of amides is 1. The topological polar surface area (TPSA) is 101 Å². The van der Waals surface area contributed by atoms with Crippen LogP contribution in [0.5, 0.6) is 0 Å². The first-order valence-corrected chi connectivity index (χ1v) is 7.45. The number of nitro groups is 1. The highest BCUT2D eigenvalue weighted by Gasteiger charge is 2.17. The lowest BCUT2D eigenvalue weighted by Crippen LogP contribution is -2.13. The van der Waals surface area contributed by atoms with Crippen molar-refractivity contribution in [1.82, 2.24) is 10.2 Å². The molecule has 0 bridgehead atoms. The summed E-state index contributed by atoms with van der Waals surface area (Å²) in [5.74, 6) is -0.432. The first-order valence-electron chi connectivity index (χ1n) is 6.66. The van der Waals surface area contributed by atoms with E-state index in [2.05, 4.69) is 31.4 Å². The van der Waals surface area contributed by atoms with E-state index in [-0.39, 0.29) is 11.4 Å². The zero-order valence-electron chi connectivity index (χ0n) is 12.0. The fourth-order valence-corrected chi connectivity index (χ4v) is 2.45. The Kier molecular flexibility index (Phi) is 3.83. The maximum absolute atomic E-state index is 12.4. The highest BCUT2D eigenvalue weighted by atomic mass is 79.9. The van der Waals surface area contributed by atoms with Gasteiger partial charge in [-0.15, -0.1) is 0 Å². The summed E-state index contributed by atoms with van der Waals surface area (Å²) in [6.45, 7) is 1.91. The second-order valence-electron chi connectivity index (χ2n) is 4.98. The van der Waals surface area contributed by atoms with E-state index in [9.17, 15) is 14.9 Å². The van der Waals surface area contributed by atoms with Gasteiger partial charge in [0, 0.05) is 27.7 Å². The molecule has 0 fully saturated rings. The number of benzene rings is 2. The summed E-state index contributed by atoms with van der Waals surface area (Å²) in [7, 11) is 0. The van der Waals surface area contributed by atoms with E-state index in [0.717, 1.165) is 10.0 Å². The number of H-pyrrole nitrogens is 1. The summed E-state index contributed by atoms with van der Waals surface area (Å²) in [5.41, 5.74) is 2.19. The van der Waals surface area contributed by atoms with Gasteiger partial charge in [0.1, 0.15) is 0 Å². The Labute approximate surface area is 139 Å². The molecule has 0 saturated heterocycles. The van der Waals surface area contributed by atoms with Crippen molar-refractivity contribution in [3.8, 4) is 0 Å². The van der Waals surface area contributed by atoms with Crippen LogP contribution in [0, 0.1) is 17.0 Å². The van der Waals surface area contributed by atoms with Crippen LogP contribution >= 0.6 is 15.9 Å². The number of aromatic nitrogens is 2. The molecule has 0 radical (unpaired) electrons. The zero-order chi connectivity index (χ0) is 16.6. The van der Waals surface area contributed by atoms with Gasteiger partial charge in [-0.3, -0.25) is 20.0 Å². The van der Waals surface area contributed by atoms with Crippen LogP contribution in [0.15, 0.2) is 40.9 Å². The molecule has 1 heterocycles.